The van der Waals surface area contributed by atoms with E-state index in [9.17, 15) is 0 Å². The van der Waals surface area contributed by atoms with Crippen molar-refractivity contribution in [2.24, 2.45) is 11.8 Å². The Labute approximate surface area is 98.5 Å². The summed E-state index contributed by atoms with van der Waals surface area (Å²) in [5, 5.41) is 3.46. The lowest BCUT2D eigenvalue weighted by Crippen LogP contribution is -2.20. The molecule has 1 saturated carbocycles. The summed E-state index contributed by atoms with van der Waals surface area (Å²) in [4.78, 5) is 4.46. The first kappa shape index (κ1) is 11.4. The maximum atomic E-state index is 4.46. The molecule has 0 aromatic carbocycles. The van der Waals surface area contributed by atoms with Crippen molar-refractivity contribution in [3.63, 3.8) is 0 Å². The van der Waals surface area contributed by atoms with Crippen molar-refractivity contribution in [2.75, 3.05) is 11.9 Å². The van der Waals surface area contributed by atoms with Crippen LogP contribution in [0, 0.1) is 18.8 Å². The zero-order chi connectivity index (χ0) is 11.4. The Kier molecular flexibility index (Phi) is 3.81. The summed E-state index contributed by atoms with van der Waals surface area (Å²) in [6, 6.07) is 6.15. The maximum Gasteiger partial charge on any atom is 0.126 e. The molecule has 2 heteroatoms. The first-order chi connectivity index (χ1) is 7.74. The molecule has 16 heavy (non-hydrogen) atoms. The summed E-state index contributed by atoms with van der Waals surface area (Å²) >= 11 is 0. The Morgan fingerprint density at radius 1 is 1.25 bits per heavy atom. The fourth-order valence-electron chi connectivity index (χ4n) is 2.42. The predicted octanol–water partition coefficient (Wildman–Crippen LogP) is 3.63. The van der Waals surface area contributed by atoms with Gasteiger partial charge in [0, 0.05) is 12.2 Å². The number of hydrogen-bond donors (Lipinski definition) is 1. The summed E-state index contributed by atoms with van der Waals surface area (Å²) in [6.07, 6.45) is 5.54. The van der Waals surface area contributed by atoms with Gasteiger partial charge >= 0.3 is 0 Å². The lowest BCUT2D eigenvalue weighted by Gasteiger charge is -2.26. The van der Waals surface area contributed by atoms with Gasteiger partial charge in [0.2, 0.25) is 0 Å². The van der Waals surface area contributed by atoms with Crippen molar-refractivity contribution in [3.8, 4) is 0 Å². The van der Waals surface area contributed by atoms with Crippen LogP contribution in [-0.4, -0.2) is 11.5 Å². The van der Waals surface area contributed by atoms with Crippen molar-refractivity contribution in [1.29, 1.82) is 0 Å². The molecule has 2 nitrogen and oxygen atoms in total. The highest BCUT2D eigenvalue weighted by Gasteiger charge is 2.17. The van der Waals surface area contributed by atoms with Crippen LogP contribution < -0.4 is 5.32 Å². The van der Waals surface area contributed by atoms with Gasteiger partial charge in [0.25, 0.3) is 0 Å². The van der Waals surface area contributed by atoms with E-state index in [0.717, 1.165) is 29.9 Å². The number of nitrogens with one attached hydrogen (secondary N) is 1. The molecule has 1 N–H and O–H groups in total. The van der Waals surface area contributed by atoms with E-state index in [1.807, 2.05) is 13.0 Å². The van der Waals surface area contributed by atoms with Crippen LogP contribution in [0.25, 0.3) is 0 Å². The molecule has 2 rings (SSSR count). The summed E-state index contributed by atoms with van der Waals surface area (Å²) in [5.74, 6) is 2.81. The van der Waals surface area contributed by atoms with E-state index in [2.05, 4.69) is 29.4 Å². The lowest BCUT2D eigenvalue weighted by atomic mass is 9.83. The molecule has 0 atom stereocenters. The summed E-state index contributed by atoms with van der Waals surface area (Å²) in [6.45, 7) is 5.49. The third kappa shape index (κ3) is 3.22. The van der Waals surface area contributed by atoms with Gasteiger partial charge in [0.15, 0.2) is 0 Å². The third-order valence-electron chi connectivity index (χ3n) is 3.60. The van der Waals surface area contributed by atoms with E-state index >= 15 is 0 Å². The Morgan fingerprint density at radius 3 is 2.69 bits per heavy atom. The average Bonchev–Trinajstić information content (AvgIpc) is 2.28. The van der Waals surface area contributed by atoms with Gasteiger partial charge in [-0.05, 0) is 43.7 Å². The highest BCUT2D eigenvalue weighted by atomic mass is 15.0. The maximum absolute atomic E-state index is 4.46. The summed E-state index contributed by atoms with van der Waals surface area (Å²) in [7, 11) is 0. The second-order valence-electron chi connectivity index (χ2n) is 5.17. The molecule has 0 amide bonds. The molecule has 0 radical (unpaired) electrons. The number of hydrogen-bond acceptors (Lipinski definition) is 2. The third-order valence-corrected chi connectivity index (χ3v) is 3.60. The van der Waals surface area contributed by atoms with Crippen molar-refractivity contribution in [2.45, 2.75) is 39.5 Å². The molecule has 1 aliphatic rings. The molecule has 0 aliphatic heterocycles. The lowest BCUT2D eigenvalue weighted by molar-refractivity contribution is 0.300. The largest absolute Gasteiger partial charge is 0.370 e. The number of anilines is 1. The van der Waals surface area contributed by atoms with Crippen molar-refractivity contribution in [3.05, 3.63) is 23.9 Å². The molecule has 1 aliphatic carbocycles. The number of rotatable bonds is 3. The number of nitrogens with zero attached hydrogens (tertiary/aromatic N) is 1. The van der Waals surface area contributed by atoms with Gasteiger partial charge in [0.05, 0.1) is 0 Å². The van der Waals surface area contributed by atoms with Gasteiger partial charge in [-0.15, -0.1) is 0 Å². The van der Waals surface area contributed by atoms with E-state index in [4.69, 9.17) is 0 Å². The Bertz CT molecular complexity index is 327. The molecule has 88 valence electrons. The molecule has 1 aromatic rings. The van der Waals surface area contributed by atoms with Gasteiger partial charge in [-0.25, -0.2) is 4.98 Å². The Hall–Kier alpha value is -1.05. The SMILES string of the molecule is Cc1cccc(NCC2CCC(C)CC2)n1. The Morgan fingerprint density at radius 2 is 2.00 bits per heavy atom. The topological polar surface area (TPSA) is 24.9 Å². The van der Waals surface area contributed by atoms with Gasteiger partial charge in [-0.2, -0.15) is 0 Å². The summed E-state index contributed by atoms with van der Waals surface area (Å²) < 4.78 is 0. The highest BCUT2D eigenvalue weighted by Crippen LogP contribution is 2.28. The number of aryl methyl sites for hydroxylation is 1. The minimum Gasteiger partial charge on any atom is -0.370 e. The van der Waals surface area contributed by atoms with Gasteiger partial charge in [-0.3, -0.25) is 0 Å². The van der Waals surface area contributed by atoms with Gasteiger partial charge < -0.3 is 5.32 Å². The average molecular weight is 218 g/mol. The summed E-state index contributed by atoms with van der Waals surface area (Å²) in [5.41, 5.74) is 1.09. The zero-order valence-corrected chi connectivity index (χ0v) is 10.4. The first-order valence-corrected chi connectivity index (χ1v) is 6.41. The highest BCUT2D eigenvalue weighted by molar-refractivity contribution is 5.34. The second-order valence-corrected chi connectivity index (χ2v) is 5.17. The standard InChI is InChI=1S/C14H22N2/c1-11-6-8-13(9-7-11)10-15-14-5-3-4-12(2)16-14/h3-5,11,13H,6-10H2,1-2H3,(H,15,16). The van der Waals surface area contributed by atoms with Gasteiger partial charge in [0.1, 0.15) is 5.82 Å². The first-order valence-electron chi connectivity index (χ1n) is 6.41. The van der Waals surface area contributed by atoms with E-state index in [1.54, 1.807) is 0 Å². The zero-order valence-electron chi connectivity index (χ0n) is 10.4. The molecule has 1 fully saturated rings. The smallest absolute Gasteiger partial charge is 0.126 e. The normalized spacial score (nSPS) is 25.4. The van der Waals surface area contributed by atoms with Crippen LogP contribution >= 0.6 is 0 Å². The molecule has 0 bridgehead atoms. The number of aromatic nitrogens is 1. The monoisotopic (exact) mass is 218 g/mol. The molecule has 0 saturated heterocycles. The van der Waals surface area contributed by atoms with E-state index in [-0.39, 0.29) is 0 Å². The Balaban J connectivity index is 1.79. The predicted molar refractivity (Wildman–Crippen MR) is 68.6 cm³/mol. The van der Waals surface area contributed by atoms with E-state index < -0.39 is 0 Å². The quantitative estimate of drug-likeness (QED) is 0.838. The second kappa shape index (κ2) is 5.33. The molecule has 1 aromatic heterocycles. The minimum atomic E-state index is 0.846. The fourth-order valence-corrected chi connectivity index (χ4v) is 2.42. The van der Waals surface area contributed by atoms with Crippen LogP contribution in [0.2, 0.25) is 0 Å². The molecular formula is C14H22N2. The fraction of sp³-hybridized carbons (Fsp3) is 0.643. The molecule has 0 unspecified atom stereocenters. The van der Waals surface area contributed by atoms with E-state index in [0.29, 0.717) is 0 Å². The van der Waals surface area contributed by atoms with Crippen LogP contribution in [0.5, 0.6) is 0 Å². The van der Waals surface area contributed by atoms with Crippen LogP contribution in [0.3, 0.4) is 0 Å². The van der Waals surface area contributed by atoms with Crippen LogP contribution in [0.4, 0.5) is 5.82 Å². The van der Waals surface area contributed by atoms with E-state index in [1.165, 1.54) is 25.7 Å². The number of pyridine rings is 1. The molecule has 0 spiro atoms. The van der Waals surface area contributed by atoms with Crippen LogP contribution in [0.15, 0.2) is 18.2 Å². The van der Waals surface area contributed by atoms with Crippen molar-refractivity contribution < 1.29 is 0 Å². The van der Waals surface area contributed by atoms with Crippen molar-refractivity contribution >= 4 is 5.82 Å². The van der Waals surface area contributed by atoms with Crippen LogP contribution in [-0.2, 0) is 0 Å². The van der Waals surface area contributed by atoms with Crippen molar-refractivity contribution in [1.82, 2.24) is 4.98 Å². The van der Waals surface area contributed by atoms with Crippen LogP contribution in [0.1, 0.15) is 38.3 Å². The molecule has 1 heterocycles. The molecular weight excluding hydrogens is 196 g/mol. The van der Waals surface area contributed by atoms with Gasteiger partial charge in [-0.1, -0.05) is 25.8 Å². The minimum absolute atomic E-state index is 0.846.